The molecule has 0 spiro atoms. The lowest BCUT2D eigenvalue weighted by molar-refractivity contribution is -0.908. The zero-order valence-corrected chi connectivity index (χ0v) is 16.2. The third-order valence-electron chi connectivity index (χ3n) is 6.29. The SMILES string of the molecule is CCOc1ccccc1N1CC[NH+](CN2C(=O)[C@H]3CCCC[C@H]3C2=O)CC1. The van der Waals surface area contributed by atoms with Gasteiger partial charge in [0, 0.05) is 0 Å². The quantitative estimate of drug-likeness (QED) is 0.781. The van der Waals surface area contributed by atoms with Crippen LogP contribution < -0.4 is 14.5 Å². The molecule has 1 aromatic rings. The molecule has 1 N–H and O–H groups in total. The third-order valence-corrected chi connectivity index (χ3v) is 6.29. The Kier molecular flexibility index (Phi) is 5.34. The van der Waals surface area contributed by atoms with Gasteiger partial charge in [0.15, 0.2) is 6.67 Å². The number of piperazine rings is 1. The summed E-state index contributed by atoms with van der Waals surface area (Å²) >= 11 is 0. The minimum absolute atomic E-state index is 0.0370. The van der Waals surface area contributed by atoms with Gasteiger partial charge in [0.1, 0.15) is 5.75 Å². The Morgan fingerprint density at radius 2 is 1.67 bits per heavy atom. The molecule has 0 radical (unpaired) electrons. The van der Waals surface area contributed by atoms with Crippen molar-refractivity contribution in [2.24, 2.45) is 11.8 Å². The number of rotatable bonds is 5. The van der Waals surface area contributed by atoms with Crippen LogP contribution in [0.3, 0.4) is 0 Å². The predicted molar refractivity (Wildman–Crippen MR) is 103 cm³/mol. The monoisotopic (exact) mass is 372 g/mol. The van der Waals surface area contributed by atoms with Crippen molar-refractivity contribution in [2.45, 2.75) is 32.6 Å². The number of fused-ring (bicyclic) bond motifs is 1. The molecule has 146 valence electrons. The van der Waals surface area contributed by atoms with Gasteiger partial charge in [0.05, 0.1) is 50.3 Å². The van der Waals surface area contributed by atoms with E-state index in [0.29, 0.717) is 13.3 Å². The standard InChI is InChI=1S/C21H29N3O3/c1-2-27-19-10-6-5-9-18(19)23-13-11-22(12-14-23)15-24-20(25)16-7-3-4-8-17(16)21(24)26/h5-6,9-10,16-17H,2-4,7-8,11-15H2,1H3/p+1/t16-,17+. The van der Waals surface area contributed by atoms with Crippen LogP contribution in [0, 0.1) is 11.8 Å². The Morgan fingerprint density at radius 3 is 2.30 bits per heavy atom. The molecule has 2 atom stereocenters. The molecule has 0 aromatic heterocycles. The van der Waals surface area contributed by atoms with Crippen molar-refractivity contribution in [2.75, 3.05) is 44.4 Å². The minimum Gasteiger partial charge on any atom is -0.492 e. The number of imide groups is 1. The zero-order chi connectivity index (χ0) is 18.8. The number of para-hydroxylation sites is 2. The van der Waals surface area contributed by atoms with Gasteiger partial charge in [-0.15, -0.1) is 0 Å². The summed E-state index contributed by atoms with van der Waals surface area (Å²) in [5.41, 5.74) is 1.14. The first-order valence-corrected chi connectivity index (χ1v) is 10.3. The van der Waals surface area contributed by atoms with Gasteiger partial charge in [-0.25, -0.2) is 4.90 Å². The highest BCUT2D eigenvalue weighted by molar-refractivity contribution is 6.05. The maximum atomic E-state index is 12.7. The number of nitrogens with zero attached hydrogens (tertiary/aromatic N) is 2. The fourth-order valence-corrected chi connectivity index (χ4v) is 4.83. The van der Waals surface area contributed by atoms with Crippen molar-refractivity contribution >= 4 is 17.5 Å². The van der Waals surface area contributed by atoms with E-state index in [1.165, 1.54) is 4.90 Å². The lowest BCUT2D eigenvalue weighted by Crippen LogP contribution is -3.16. The second kappa shape index (κ2) is 7.89. The van der Waals surface area contributed by atoms with Crippen LogP contribution in [-0.4, -0.2) is 56.2 Å². The number of nitrogens with one attached hydrogen (secondary N) is 1. The van der Waals surface area contributed by atoms with E-state index in [0.717, 1.165) is 63.3 Å². The van der Waals surface area contributed by atoms with Gasteiger partial charge in [0.2, 0.25) is 11.8 Å². The van der Waals surface area contributed by atoms with Gasteiger partial charge in [-0.05, 0) is 31.9 Å². The van der Waals surface area contributed by atoms with E-state index in [-0.39, 0.29) is 23.7 Å². The first-order valence-electron chi connectivity index (χ1n) is 10.3. The van der Waals surface area contributed by atoms with Crippen LogP contribution >= 0.6 is 0 Å². The molecular formula is C21H30N3O3+. The van der Waals surface area contributed by atoms with E-state index in [2.05, 4.69) is 11.0 Å². The van der Waals surface area contributed by atoms with E-state index in [9.17, 15) is 9.59 Å². The van der Waals surface area contributed by atoms with E-state index in [1.807, 2.05) is 25.1 Å². The molecule has 2 saturated heterocycles. The largest absolute Gasteiger partial charge is 0.492 e. The first-order chi connectivity index (χ1) is 13.2. The Labute approximate surface area is 161 Å². The van der Waals surface area contributed by atoms with Crippen molar-refractivity contribution in [1.82, 2.24) is 4.90 Å². The topological polar surface area (TPSA) is 54.3 Å². The third kappa shape index (κ3) is 3.55. The van der Waals surface area contributed by atoms with Crippen molar-refractivity contribution in [1.29, 1.82) is 0 Å². The molecule has 2 aliphatic heterocycles. The smallest absolute Gasteiger partial charge is 0.237 e. The summed E-state index contributed by atoms with van der Waals surface area (Å²) in [6, 6.07) is 8.16. The number of hydrogen-bond donors (Lipinski definition) is 1. The van der Waals surface area contributed by atoms with Crippen LogP contribution in [0.15, 0.2) is 24.3 Å². The van der Waals surface area contributed by atoms with Crippen molar-refractivity contribution in [3.05, 3.63) is 24.3 Å². The van der Waals surface area contributed by atoms with Crippen molar-refractivity contribution < 1.29 is 19.2 Å². The van der Waals surface area contributed by atoms with Gasteiger partial charge >= 0.3 is 0 Å². The average Bonchev–Trinajstić information content (AvgIpc) is 2.95. The molecule has 0 unspecified atom stereocenters. The van der Waals surface area contributed by atoms with Crippen LogP contribution in [0.4, 0.5) is 5.69 Å². The Bertz CT molecular complexity index is 676. The molecule has 6 nitrogen and oxygen atoms in total. The molecule has 1 aliphatic carbocycles. The summed E-state index contributed by atoms with van der Waals surface area (Å²) < 4.78 is 5.76. The number of ether oxygens (including phenoxy) is 1. The molecule has 2 amide bonds. The number of carbonyl (C=O) groups excluding carboxylic acids is 2. The minimum atomic E-state index is -0.0370. The number of amides is 2. The fourth-order valence-electron chi connectivity index (χ4n) is 4.83. The number of carbonyl (C=O) groups is 2. The summed E-state index contributed by atoms with van der Waals surface area (Å²) in [5, 5.41) is 0. The van der Waals surface area contributed by atoms with Gasteiger partial charge in [-0.2, -0.15) is 0 Å². The Balaban J connectivity index is 1.36. The lowest BCUT2D eigenvalue weighted by Gasteiger charge is -2.35. The van der Waals surface area contributed by atoms with Crippen LogP contribution in [0.1, 0.15) is 32.6 Å². The summed E-state index contributed by atoms with van der Waals surface area (Å²) in [5.74, 6) is 1.02. The van der Waals surface area contributed by atoms with Gasteiger partial charge in [-0.3, -0.25) is 9.59 Å². The summed E-state index contributed by atoms with van der Waals surface area (Å²) in [4.78, 5) is 30.6. The Hall–Kier alpha value is -2.08. The predicted octanol–water partition coefficient (Wildman–Crippen LogP) is 0.923. The number of anilines is 1. The molecule has 1 aromatic carbocycles. The first kappa shape index (κ1) is 18.3. The van der Waals surface area contributed by atoms with Gasteiger partial charge in [-0.1, -0.05) is 25.0 Å². The molecule has 27 heavy (non-hydrogen) atoms. The average molecular weight is 372 g/mol. The zero-order valence-electron chi connectivity index (χ0n) is 16.2. The van der Waals surface area contributed by atoms with Crippen LogP contribution in [-0.2, 0) is 9.59 Å². The molecule has 2 heterocycles. The number of hydrogen-bond acceptors (Lipinski definition) is 4. The highest BCUT2D eigenvalue weighted by atomic mass is 16.5. The fraction of sp³-hybridized carbons (Fsp3) is 0.619. The molecule has 0 bridgehead atoms. The van der Waals surface area contributed by atoms with Crippen LogP contribution in [0.2, 0.25) is 0 Å². The van der Waals surface area contributed by atoms with Crippen molar-refractivity contribution in [3.63, 3.8) is 0 Å². The summed E-state index contributed by atoms with van der Waals surface area (Å²) in [7, 11) is 0. The van der Waals surface area contributed by atoms with Gasteiger partial charge < -0.3 is 14.5 Å². The molecule has 4 rings (SSSR count). The normalized spacial score (nSPS) is 26.4. The highest BCUT2D eigenvalue weighted by Crippen LogP contribution is 2.37. The van der Waals surface area contributed by atoms with Crippen molar-refractivity contribution in [3.8, 4) is 5.75 Å². The number of benzene rings is 1. The van der Waals surface area contributed by atoms with E-state index < -0.39 is 0 Å². The van der Waals surface area contributed by atoms with E-state index in [4.69, 9.17) is 4.74 Å². The van der Waals surface area contributed by atoms with Crippen LogP contribution in [0.5, 0.6) is 5.75 Å². The Morgan fingerprint density at radius 1 is 1.04 bits per heavy atom. The van der Waals surface area contributed by atoms with Crippen LogP contribution in [0.25, 0.3) is 0 Å². The summed E-state index contributed by atoms with van der Waals surface area (Å²) in [6.07, 6.45) is 3.95. The molecule has 6 heteroatoms. The maximum absolute atomic E-state index is 12.7. The number of quaternary nitrogens is 1. The lowest BCUT2D eigenvalue weighted by atomic mass is 9.81. The van der Waals surface area contributed by atoms with E-state index in [1.54, 1.807) is 4.90 Å². The second-order valence-corrected chi connectivity index (χ2v) is 7.90. The molecular weight excluding hydrogens is 342 g/mol. The molecule has 1 saturated carbocycles. The summed E-state index contributed by atoms with van der Waals surface area (Å²) in [6.45, 7) is 6.85. The van der Waals surface area contributed by atoms with Gasteiger partial charge in [0.25, 0.3) is 0 Å². The highest BCUT2D eigenvalue weighted by Gasteiger charge is 2.49. The van der Waals surface area contributed by atoms with E-state index >= 15 is 0 Å². The molecule has 3 fully saturated rings. The molecule has 3 aliphatic rings. The second-order valence-electron chi connectivity index (χ2n) is 7.90. The number of likely N-dealkylation sites (tertiary alicyclic amines) is 1. The maximum Gasteiger partial charge on any atom is 0.237 e.